The van der Waals surface area contributed by atoms with Crippen molar-refractivity contribution < 1.29 is 9.90 Å². The van der Waals surface area contributed by atoms with Crippen LogP contribution >= 0.6 is 0 Å². The Balaban J connectivity index is 2.50. The number of aromatic carboxylic acids is 1. The third-order valence-corrected chi connectivity index (χ3v) is 2.76. The smallest absolute Gasteiger partial charge is 0.335 e. The fourth-order valence-electron chi connectivity index (χ4n) is 1.77. The molecule has 0 aromatic heterocycles. The van der Waals surface area contributed by atoms with Crippen molar-refractivity contribution in [3.8, 4) is 11.1 Å². The molecule has 2 aromatic rings. The Labute approximate surface area is 110 Å². The minimum absolute atomic E-state index is 0.168. The van der Waals surface area contributed by atoms with Gasteiger partial charge in [-0.25, -0.2) is 4.79 Å². The van der Waals surface area contributed by atoms with Crippen LogP contribution in [0.5, 0.6) is 0 Å². The van der Waals surface area contributed by atoms with Crippen molar-refractivity contribution in [2.75, 3.05) is 5.43 Å². The number of nitrogens with one attached hydrogen (secondary N) is 2. The molecule has 0 atom stereocenters. The van der Waals surface area contributed by atoms with E-state index in [1.54, 1.807) is 24.3 Å². The molecule has 2 rings (SSSR count). The maximum absolute atomic E-state index is 11.1. The minimum Gasteiger partial charge on any atom is -0.478 e. The fraction of sp³-hybridized carbons (Fsp3) is 0. The maximum atomic E-state index is 11.1. The molecule has 0 fully saturated rings. The Kier molecular flexibility index (Phi) is 3.58. The van der Waals surface area contributed by atoms with E-state index in [-0.39, 0.29) is 5.56 Å². The summed E-state index contributed by atoms with van der Waals surface area (Å²) in [4.78, 5) is 11.1. The quantitative estimate of drug-likeness (QED) is 0.383. The van der Waals surface area contributed by atoms with E-state index in [1.165, 1.54) is 12.3 Å². The van der Waals surface area contributed by atoms with Crippen molar-refractivity contribution in [3.05, 3.63) is 53.6 Å². The summed E-state index contributed by atoms with van der Waals surface area (Å²) in [5.74, 6) is 4.33. The van der Waals surface area contributed by atoms with E-state index in [0.717, 1.165) is 16.7 Å². The van der Waals surface area contributed by atoms with Crippen LogP contribution in [0.4, 0.5) is 5.69 Å². The number of hydrogen-bond acceptors (Lipinski definition) is 4. The lowest BCUT2D eigenvalue weighted by molar-refractivity contribution is 0.0697. The van der Waals surface area contributed by atoms with Crippen molar-refractivity contribution >= 4 is 17.9 Å². The third-order valence-electron chi connectivity index (χ3n) is 2.76. The summed E-state index contributed by atoms with van der Waals surface area (Å²) >= 11 is 0. The SMILES string of the molecule is N=Cc1ccc(-c2cc(NN)cc(C(=O)O)c2)cc1. The molecule has 0 aliphatic heterocycles. The predicted octanol–water partition coefficient (Wildman–Crippen LogP) is 2.34. The zero-order chi connectivity index (χ0) is 13.8. The summed E-state index contributed by atoms with van der Waals surface area (Å²) in [5.41, 5.74) is 5.56. The molecule has 0 unspecified atom stereocenters. The van der Waals surface area contributed by atoms with E-state index in [9.17, 15) is 4.79 Å². The number of hydrogen-bond donors (Lipinski definition) is 4. The molecular weight excluding hydrogens is 242 g/mol. The van der Waals surface area contributed by atoms with Crippen LogP contribution in [0, 0.1) is 5.41 Å². The van der Waals surface area contributed by atoms with Crippen LogP contribution in [0.25, 0.3) is 11.1 Å². The first-order chi connectivity index (χ1) is 9.13. The van der Waals surface area contributed by atoms with Gasteiger partial charge in [-0.2, -0.15) is 0 Å². The predicted molar refractivity (Wildman–Crippen MR) is 74.5 cm³/mol. The van der Waals surface area contributed by atoms with Crippen LogP contribution in [0.2, 0.25) is 0 Å². The Hall–Kier alpha value is -2.66. The highest BCUT2D eigenvalue weighted by Crippen LogP contribution is 2.25. The summed E-state index contributed by atoms with van der Waals surface area (Å²) < 4.78 is 0. The van der Waals surface area contributed by atoms with Gasteiger partial charge in [0.25, 0.3) is 0 Å². The highest BCUT2D eigenvalue weighted by Gasteiger charge is 2.08. The van der Waals surface area contributed by atoms with Gasteiger partial charge in [0, 0.05) is 11.9 Å². The Morgan fingerprint density at radius 1 is 1.16 bits per heavy atom. The van der Waals surface area contributed by atoms with Gasteiger partial charge >= 0.3 is 5.97 Å². The van der Waals surface area contributed by atoms with E-state index in [4.69, 9.17) is 16.4 Å². The largest absolute Gasteiger partial charge is 0.478 e. The molecule has 96 valence electrons. The van der Waals surface area contributed by atoms with E-state index in [1.807, 2.05) is 12.1 Å². The van der Waals surface area contributed by atoms with Crippen LogP contribution < -0.4 is 11.3 Å². The zero-order valence-electron chi connectivity index (χ0n) is 10.1. The highest BCUT2D eigenvalue weighted by atomic mass is 16.4. The summed E-state index contributed by atoms with van der Waals surface area (Å²) in [6.07, 6.45) is 1.25. The van der Waals surface area contributed by atoms with Gasteiger partial charge in [0.05, 0.1) is 5.56 Å². The molecule has 2 aromatic carbocycles. The van der Waals surface area contributed by atoms with E-state index in [2.05, 4.69) is 5.43 Å². The van der Waals surface area contributed by atoms with Gasteiger partial charge in [0.2, 0.25) is 0 Å². The summed E-state index contributed by atoms with van der Waals surface area (Å²) in [6, 6.07) is 12.1. The molecule has 0 aliphatic rings. The topological polar surface area (TPSA) is 99.2 Å². The van der Waals surface area contributed by atoms with Crippen LogP contribution in [0.15, 0.2) is 42.5 Å². The molecule has 0 spiro atoms. The van der Waals surface area contributed by atoms with Gasteiger partial charge in [-0.1, -0.05) is 24.3 Å². The van der Waals surface area contributed by atoms with E-state index < -0.39 is 5.97 Å². The molecule has 0 radical (unpaired) electrons. The van der Waals surface area contributed by atoms with Gasteiger partial charge < -0.3 is 15.9 Å². The van der Waals surface area contributed by atoms with Crippen LogP contribution in [0.1, 0.15) is 15.9 Å². The van der Waals surface area contributed by atoms with Crippen molar-refractivity contribution in [3.63, 3.8) is 0 Å². The fourth-order valence-corrected chi connectivity index (χ4v) is 1.77. The lowest BCUT2D eigenvalue weighted by Gasteiger charge is -2.08. The van der Waals surface area contributed by atoms with Crippen molar-refractivity contribution in [1.82, 2.24) is 0 Å². The lowest BCUT2D eigenvalue weighted by atomic mass is 10.0. The van der Waals surface area contributed by atoms with Crippen molar-refractivity contribution in [2.45, 2.75) is 0 Å². The van der Waals surface area contributed by atoms with Crippen LogP contribution in [-0.2, 0) is 0 Å². The number of rotatable bonds is 4. The number of nitrogens with two attached hydrogens (primary N) is 1. The third kappa shape index (κ3) is 2.78. The van der Waals surface area contributed by atoms with Gasteiger partial charge in [0.1, 0.15) is 0 Å². The minimum atomic E-state index is -1.01. The first-order valence-electron chi connectivity index (χ1n) is 5.60. The molecule has 0 heterocycles. The molecule has 0 saturated carbocycles. The number of carboxylic acids is 1. The van der Waals surface area contributed by atoms with E-state index >= 15 is 0 Å². The Bertz CT molecular complexity index is 621. The average molecular weight is 255 g/mol. The Morgan fingerprint density at radius 2 is 1.84 bits per heavy atom. The molecule has 5 N–H and O–H groups in total. The number of anilines is 1. The summed E-state index contributed by atoms with van der Waals surface area (Å²) in [7, 11) is 0. The second-order valence-electron chi connectivity index (χ2n) is 4.01. The summed E-state index contributed by atoms with van der Waals surface area (Å²) in [6.45, 7) is 0. The molecule has 19 heavy (non-hydrogen) atoms. The molecule has 0 saturated heterocycles. The maximum Gasteiger partial charge on any atom is 0.335 e. The average Bonchev–Trinajstić information content (AvgIpc) is 2.46. The molecule has 0 aliphatic carbocycles. The van der Waals surface area contributed by atoms with Gasteiger partial charge in [-0.15, -0.1) is 0 Å². The molecular formula is C14H13N3O2. The second kappa shape index (κ2) is 5.32. The number of nitrogen functional groups attached to an aromatic ring is 1. The number of hydrazine groups is 1. The zero-order valence-corrected chi connectivity index (χ0v) is 10.1. The Morgan fingerprint density at radius 3 is 2.37 bits per heavy atom. The molecule has 5 nitrogen and oxygen atoms in total. The number of carboxylic acid groups (broad SMARTS) is 1. The van der Waals surface area contributed by atoms with Crippen molar-refractivity contribution in [2.24, 2.45) is 5.84 Å². The van der Waals surface area contributed by atoms with Gasteiger partial charge in [0.15, 0.2) is 0 Å². The normalized spacial score (nSPS) is 9.95. The monoisotopic (exact) mass is 255 g/mol. The molecule has 0 amide bonds. The van der Waals surface area contributed by atoms with Crippen LogP contribution in [-0.4, -0.2) is 17.3 Å². The number of benzene rings is 2. The second-order valence-corrected chi connectivity index (χ2v) is 4.01. The van der Waals surface area contributed by atoms with Crippen LogP contribution in [0.3, 0.4) is 0 Å². The standard InChI is InChI=1S/C14H13N3O2/c15-8-9-1-3-10(4-2-9)11-5-12(14(18)19)7-13(6-11)17-16/h1-8,15,17H,16H2,(H,18,19). The molecule has 5 heteroatoms. The van der Waals surface area contributed by atoms with Crippen molar-refractivity contribution in [1.29, 1.82) is 5.41 Å². The highest BCUT2D eigenvalue weighted by molar-refractivity contribution is 5.91. The number of carbonyl (C=O) groups is 1. The summed E-state index contributed by atoms with van der Waals surface area (Å²) in [5, 5.41) is 16.2. The lowest BCUT2D eigenvalue weighted by Crippen LogP contribution is -2.08. The first kappa shape index (κ1) is 12.8. The van der Waals surface area contributed by atoms with E-state index in [0.29, 0.717) is 5.69 Å². The van der Waals surface area contributed by atoms with Gasteiger partial charge in [-0.05, 0) is 34.9 Å². The molecule has 0 bridgehead atoms. The first-order valence-corrected chi connectivity index (χ1v) is 5.60. The van der Waals surface area contributed by atoms with Gasteiger partial charge in [-0.3, -0.25) is 5.84 Å².